The van der Waals surface area contributed by atoms with E-state index in [1.54, 1.807) is 12.7 Å². The molecule has 0 amide bonds. The standard InChI is InChI=1S/C14H20N4/c1-12(2)16-8-7-13-3-5-14(6-4-13)9-18-11-15-10-17-18/h3-6,10-12,16H,7-9H2,1-2H3. The van der Waals surface area contributed by atoms with Crippen molar-refractivity contribution < 1.29 is 0 Å². The van der Waals surface area contributed by atoms with Crippen LogP contribution in [0.4, 0.5) is 0 Å². The highest BCUT2D eigenvalue weighted by atomic mass is 15.3. The fraction of sp³-hybridized carbons (Fsp3) is 0.429. The first kappa shape index (κ1) is 12.8. The second-order valence-electron chi connectivity index (χ2n) is 4.77. The minimum absolute atomic E-state index is 0.552. The summed E-state index contributed by atoms with van der Waals surface area (Å²) in [7, 11) is 0. The Balaban J connectivity index is 1.85. The second kappa shape index (κ2) is 6.31. The highest BCUT2D eigenvalue weighted by molar-refractivity contribution is 5.22. The minimum atomic E-state index is 0.552. The maximum atomic E-state index is 4.10. The van der Waals surface area contributed by atoms with Crippen LogP contribution in [0.5, 0.6) is 0 Å². The van der Waals surface area contributed by atoms with Gasteiger partial charge in [-0.15, -0.1) is 0 Å². The van der Waals surface area contributed by atoms with Gasteiger partial charge in [0.25, 0.3) is 0 Å². The Labute approximate surface area is 108 Å². The number of benzene rings is 1. The van der Waals surface area contributed by atoms with E-state index in [-0.39, 0.29) is 0 Å². The average Bonchev–Trinajstić information content (AvgIpc) is 2.84. The maximum Gasteiger partial charge on any atom is 0.137 e. The van der Waals surface area contributed by atoms with E-state index in [0.717, 1.165) is 19.5 Å². The molecule has 96 valence electrons. The largest absolute Gasteiger partial charge is 0.314 e. The van der Waals surface area contributed by atoms with Gasteiger partial charge in [0.1, 0.15) is 12.7 Å². The molecule has 0 fully saturated rings. The molecule has 1 aromatic carbocycles. The third-order valence-electron chi connectivity index (χ3n) is 2.80. The zero-order valence-corrected chi connectivity index (χ0v) is 11.0. The van der Waals surface area contributed by atoms with E-state index in [4.69, 9.17) is 0 Å². The van der Waals surface area contributed by atoms with Crippen molar-refractivity contribution in [2.75, 3.05) is 6.54 Å². The van der Waals surface area contributed by atoms with Crippen LogP contribution in [0.1, 0.15) is 25.0 Å². The van der Waals surface area contributed by atoms with E-state index in [0.29, 0.717) is 6.04 Å². The molecule has 1 aromatic heterocycles. The number of hydrogen-bond acceptors (Lipinski definition) is 3. The topological polar surface area (TPSA) is 42.7 Å². The molecule has 4 heteroatoms. The van der Waals surface area contributed by atoms with E-state index in [1.807, 2.05) is 4.68 Å². The maximum absolute atomic E-state index is 4.10. The lowest BCUT2D eigenvalue weighted by atomic mass is 10.1. The van der Waals surface area contributed by atoms with Crippen LogP contribution in [0.2, 0.25) is 0 Å². The van der Waals surface area contributed by atoms with Crippen LogP contribution in [0.25, 0.3) is 0 Å². The Hall–Kier alpha value is -1.68. The number of aromatic nitrogens is 3. The van der Waals surface area contributed by atoms with E-state index in [9.17, 15) is 0 Å². The fourth-order valence-corrected chi connectivity index (χ4v) is 1.82. The third kappa shape index (κ3) is 3.96. The molecule has 0 aliphatic rings. The molecule has 1 N–H and O–H groups in total. The first-order valence-electron chi connectivity index (χ1n) is 6.37. The summed E-state index contributed by atoms with van der Waals surface area (Å²) in [6.45, 7) is 6.15. The molecule has 0 saturated carbocycles. The summed E-state index contributed by atoms with van der Waals surface area (Å²) in [4.78, 5) is 3.94. The summed E-state index contributed by atoms with van der Waals surface area (Å²) in [6.07, 6.45) is 4.37. The number of nitrogens with one attached hydrogen (secondary N) is 1. The molecule has 0 radical (unpaired) electrons. The summed E-state index contributed by atoms with van der Waals surface area (Å²) < 4.78 is 1.83. The number of rotatable bonds is 6. The lowest BCUT2D eigenvalue weighted by molar-refractivity contribution is 0.590. The molecule has 18 heavy (non-hydrogen) atoms. The molecule has 0 aliphatic carbocycles. The molecule has 1 heterocycles. The molecule has 0 bridgehead atoms. The van der Waals surface area contributed by atoms with Gasteiger partial charge in [0.2, 0.25) is 0 Å². The van der Waals surface area contributed by atoms with Crippen molar-refractivity contribution >= 4 is 0 Å². The first-order chi connectivity index (χ1) is 8.74. The molecular weight excluding hydrogens is 224 g/mol. The molecule has 0 atom stereocenters. The van der Waals surface area contributed by atoms with E-state index >= 15 is 0 Å². The number of hydrogen-bond donors (Lipinski definition) is 1. The summed E-state index contributed by atoms with van der Waals surface area (Å²) in [5.74, 6) is 0. The smallest absolute Gasteiger partial charge is 0.137 e. The van der Waals surface area contributed by atoms with Crippen molar-refractivity contribution in [2.24, 2.45) is 0 Å². The molecule has 0 aliphatic heterocycles. The van der Waals surface area contributed by atoms with Crippen molar-refractivity contribution in [3.05, 3.63) is 48.0 Å². The predicted octanol–water partition coefficient (Wildman–Crippen LogP) is 1.87. The fourth-order valence-electron chi connectivity index (χ4n) is 1.82. The lowest BCUT2D eigenvalue weighted by Gasteiger charge is -2.08. The zero-order chi connectivity index (χ0) is 12.8. The summed E-state index contributed by atoms with van der Waals surface area (Å²) >= 11 is 0. The van der Waals surface area contributed by atoms with Gasteiger partial charge < -0.3 is 5.32 Å². The Kier molecular flexibility index (Phi) is 4.47. The van der Waals surface area contributed by atoms with Crippen molar-refractivity contribution in [2.45, 2.75) is 32.9 Å². The van der Waals surface area contributed by atoms with E-state index < -0.39 is 0 Å². The van der Waals surface area contributed by atoms with Gasteiger partial charge in [-0.1, -0.05) is 38.1 Å². The highest BCUT2D eigenvalue weighted by Crippen LogP contribution is 2.06. The van der Waals surface area contributed by atoms with Gasteiger partial charge >= 0.3 is 0 Å². The van der Waals surface area contributed by atoms with E-state index in [1.165, 1.54) is 11.1 Å². The monoisotopic (exact) mass is 244 g/mol. The molecule has 2 aromatic rings. The van der Waals surface area contributed by atoms with Gasteiger partial charge in [0.05, 0.1) is 6.54 Å². The van der Waals surface area contributed by atoms with E-state index in [2.05, 4.69) is 53.5 Å². The van der Waals surface area contributed by atoms with Crippen LogP contribution < -0.4 is 5.32 Å². The molecule has 0 saturated heterocycles. The summed E-state index contributed by atoms with van der Waals surface area (Å²) in [5, 5.41) is 7.52. The summed E-state index contributed by atoms with van der Waals surface area (Å²) in [6, 6.07) is 9.25. The lowest BCUT2D eigenvalue weighted by Crippen LogP contribution is -2.24. The quantitative estimate of drug-likeness (QED) is 0.843. The first-order valence-corrected chi connectivity index (χ1v) is 6.37. The van der Waals surface area contributed by atoms with Crippen LogP contribution in [-0.4, -0.2) is 27.4 Å². The predicted molar refractivity (Wildman–Crippen MR) is 72.4 cm³/mol. The van der Waals surface area contributed by atoms with Crippen LogP contribution >= 0.6 is 0 Å². The van der Waals surface area contributed by atoms with Crippen molar-refractivity contribution in [1.82, 2.24) is 20.1 Å². The van der Waals surface area contributed by atoms with Crippen molar-refractivity contribution in [1.29, 1.82) is 0 Å². The molecular formula is C14H20N4. The van der Waals surface area contributed by atoms with Crippen LogP contribution in [0.3, 0.4) is 0 Å². The van der Waals surface area contributed by atoms with Crippen molar-refractivity contribution in [3.8, 4) is 0 Å². The number of nitrogens with zero attached hydrogens (tertiary/aromatic N) is 3. The second-order valence-corrected chi connectivity index (χ2v) is 4.77. The Bertz CT molecular complexity index is 445. The van der Waals surface area contributed by atoms with Gasteiger partial charge in [0, 0.05) is 6.04 Å². The molecule has 0 unspecified atom stereocenters. The van der Waals surface area contributed by atoms with Gasteiger partial charge in [-0.05, 0) is 24.1 Å². The van der Waals surface area contributed by atoms with Crippen molar-refractivity contribution in [3.63, 3.8) is 0 Å². The Morgan fingerprint density at radius 2 is 1.89 bits per heavy atom. The minimum Gasteiger partial charge on any atom is -0.314 e. The SMILES string of the molecule is CC(C)NCCc1ccc(Cn2cncn2)cc1. The van der Waals surface area contributed by atoms with Gasteiger partial charge in [-0.25, -0.2) is 9.67 Å². The van der Waals surface area contributed by atoms with Gasteiger partial charge in [-0.2, -0.15) is 5.10 Å². The molecule has 2 rings (SSSR count). The third-order valence-corrected chi connectivity index (χ3v) is 2.80. The molecule has 4 nitrogen and oxygen atoms in total. The normalized spacial score (nSPS) is 11.1. The highest BCUT2D eigenvalue weighted by Gasteiger charge is 1.98. The van der Waals surface area contributed by atoms with Crippen LogP contribution in [0, 0.1) is 0 Å². The summed E-state index contributed by atoms with van der Waals surface area (Å²) in [5.41, 5.74) is 2.62. The Morgan fingerprint density at radius 1 is 1.17 bits per heavy atom. The Morgan fingerprint density at radius 3 is 2.50 bits per heavy atom. The van der Waals surface area contributed by atoms with Gasteiger partial charge in [0.15, 0.2) is 0 Å². The van der Waals surface area contributed by atoms with Gasteiger partial charge in [-0.3, -0.25) is 0 Å². The molecule has 0 spiro atoms. The van der Waals surface area contributed by atoms with Crippen LogP contribution in [-0.2, 0) is 13.0 Å². The zero-order valence-electron chi connectivity index (χ0n) is 11.0. The van der Waals surface area contributed by atoms with Crippen LogP contribution in [0.15, 0.2) is 36.9 Å². The average molecular weight is 244 g/mol.